The van der Waals surface area contributed by atoms with Crippen LogP contribution in [0.5, 0.6) is 0 Å². The van der Waals surface area contributed by atoms with E-state index in [4.69, 9.17) is 5.11 Å². The van der Waals surface area contributed by atoms with Gasteiger partial charge in [0.15, 0.2) is 0 Å². The molecule has 0 aliphatic carbocycles. The summed E-state index contributed by atoms with van der Waals surface area (Å²) in [6.45, 7) is 9.98. The second-order valence-corrected chi connectivity index (χ2v) is 3.19. The minimum absolute atomic E-state index is 0.289. The summed E-state index contributed by atoms with van der Waals surface area (Å²) in [4.78, 5) is 4.67. The van der Waals surface area contributed by atoms with Crippen LogP contribution in [0.3, 0.4) is 0 Å². The number of piperazine rings is 1. The Bertz CT molecular complexity index is 97.1. The zero-order valence-electron chi connectivity index (χ0n) is 7.87. The Morgan fingerprint density at radius 2 is 1.92 bits per heavy atom. The van der Waals surface area contributed by atoms with Crippen LogP contribution in [0.1, 0.15) is 13.3 Å². The molecule has 1 aliphatic rings. The first kappa shape index (κ1) is 9.96. The number of nitrogens with zero attached hydrogens (tertiary/aromatic N) is 2. The van der Waals surface area contributed by atoms with Gasteiger partial charge in [0.2, 0.25) is 0 Å². The lowest BCUT2D eigenvalue weighted by Crippen LogP contribution is -2.45. The Kier molecular flexibility index (Phi) is 4.58. The molecule has 0 aromatic carbocycles. The first-order valence-corrected chi connectivity index (χ1v) is 4.77. The molecular weight excluding hydrogens is 152 g/mol. The van der Waals surface area contributed by atoms with E-state index in [1.165, 1.54) is 0 Å². The number of aliphatic hydroxyl groups is 1. The van der Waals surface area contributed by atoms with E-state index in [1.54, 1.807) is 0 Å². The van der Waals surface area contributed by atoms with Crippen LogP contribution in [0.2, 0.25) is 0 Å². The summed E-state index contributed by atoms with van der Waals surface area (Å²) in [5.74, 6) is 0. The zero-order chi connectivity index (χ0) is 8.81. The molecular formula is C9H19N2O. The lowest BCUT2D eigenvalue weighted by atomic mass is 10.3. The molecule has 0 atom stereocenters. The summed E-state index contributed by atoms with van der Waals surface area (Å²) in [5, 5.41) is 8.72. The minimum atomic E-state index is 0.289. The fraction of sp³-hybridized carbons (Fsp3) is 0.889. The van der Waals surface area contributed by atoms with Crippen molar-refractivity contribution in [3.63, 3.8) is 0 Å². The average molecular weight is 171 g/mol. The molecule has 0 spiro atoms. The van der Waals surface area contributed by atoms with Gasteiger partial charge in [-0.05, 0) is 6.42 Å². The van der Waals surface area contributed by atoms with Crippen molar-refractivity contribution in [2.24, 2.45) is 0 Å². The maximum absolute atomic E-state index is 8.72. The van der Waals surface area contributed by atoms with Crippen molar-refractivity contribution in [2.45, 2.75) is 13.3 Å². The van der Waals surface area contributed by atoms with E-state index in [1.807, 2.05) is 0 Å². The Morgan fingerprint density at radius 3 is 2.42 bits per heavy atom. The van der Waals surface area contributed by atoms with Crippen molar-refractivity contribution < 1.29 is 5.11 Å². The summed E-state index contributed by atoms with van der Waals surface area (Å²) in [6.07, 6.45) is 1.12. The summed E-state index contributed by atoms with van der Waals surface area (Å²) >= 11 is 0. The molecule has 1 rings (SSSR count). The van der Waals surface area contributed by atoms with Gasteiger partial charge in [0, 0.05) is 39.3 Å². The van der Waals surface area contributed by atoms with Crippen molar-refractivity contribution in [1.29, 1.82) is 0 Å². The fourth-order valence-electron chi connectivity index (χ4n) is 1.57. The van der Waals surface area contributed by atoms with Crippen molar-refractivity contribution in [3.8, 4) is 0 Å². The molecule has 3 nitrogen and oxygen atoms in total. The molecule has 1 saturated heterocycles. The topological polar surface area (TPSA) is 26.7 Å². The summed E-state index contributed by atoms with van der Waals surface area (Å²) in [6, 6.07) is 0. The predicted octanol–water partition coefficient (Wildman–Crippen LogP) is 0.168. The molecule has 0 unspecified atom stereocenters. The van der Waals surface area contributed by atoms with Gasteiger partial charge in [-0.1, -0.05) is 6.92 Å². The first-order valence-electron chi connectivity index (χ1n) is 4.77. The maximum atomic E-state index is 8.72. The number of hydrogen-bond acceptors (Lipinski definition) is 3. The number of β-amino-alcohol motifs (C(OH)–C–C–N with tert-alkyl or cyclic N) is 1. The molecule has 1 fully saturated rings. The maximum Gasteiger partial charge on any atom is 0.0558 e. The third-order valence-corrected chi connectivity index (χ3v) is 2.26. The molecule has 1 aliphatic heterocycles. The highest BCUT2D eigenvalue weighted by molar-refractivity contribution is 4.76. The quantitative estimate of drug-likeness (QED) is 0.653. The largest absolute Gasteiger partial charge is 0.395 e. The van der Waals surface area contributed by atoms with Gasteiger partial charge in [0.1, 0.15) is 0 Å². The van der Waals surface area contributed by atoms with E-state index in [0.717, 1.165) is 39.1 Å². The highest BCUT2D eigenvalue weighted by atomic mass is 16.3. The Hall–Kier alpha value is -0.120. The van der Waals surface area contributed by atoms with Crippen LogP contribution in [0.25, 0.3) is 0 Å². The van der Waals surface area contributed by atoms with Gasteiger partial charge in [-0.15, -0.1) is 0 Å². The van der Waals surface area contributed by atoms with Crippen molar-refractivity contribution in [3.05, 3.63) is 6.54 Å². The zero-order valence-corrected chi connectivity index (χ0v) is 7.87. The molecule has 1 radical (unpaired) electrons. The predicted molar refractivity (Wildman–Crippen MR) is 49.7 cm³/mol. The summed E-state index contributed by atoms with van der Waals surface area (Å²) < 4.78 is 0. The normalized spacial score (nSPS) is 21.5. The molecule has 0 bridgehead atoms. The van der Waals surface area contributed by atoms with E-state index in [0.29, 0.717) is 0 Å². The number of aliphatic hydroxyl groups excluding tert-OH is 1. The van der Waals surface area contributed by atoms with E-state index in [9.17, 15) is 0 Å². The van der Waals surface area contributed by atoms with Crippen LogP contribution in [-0.4, -0.2) is 54.2 Å². The van der Waals surface area contributed by atoms with Crippen molar-refractivity contribution in [2.75, 3.05) is 39.3 Å². The van der Waals surface area contributed by atoms with Crippen LogP contribution < -0.4 is 0 Å². The number of rotatable bonds is 4. The molecule has 0 amide bonds. The van der Waals surface area contributed by atoms with Gasteiger partial charge in [-0.2, -0.15) is 0 Å². The smallest absolute Gasteiger partial charge is 0.0558 e. The van der Waals surface area contributed by atoms with Gasteiger partial charge >= 0.3 is 0 Å². The van der Waals surface area contributed by atoms with E-state index in [2.05, 4.69) is 23.3 Å². The molecule has 1 heterocycles. The van der Waals surface area contributed by atoms with Gasteiger partial charge < -0.3 is 5.11 Å². The monoisotopic (exact) mass is 171 g/mol. The van der Waals surface area contributed by atoms with Crippen LogP contribution >= 0.6 is 0 Å². The molecule has 0 aromatic heterocycles. The van der Waals surface area contributed by atoms with E-state index < -0.39 is 0 Å². The SMILES string of the molecule is CC[CH]N1CCN(CCO)CC1. The molecule has 1 N–H and O–H groups in total. The van der Waals surface area contributed by atoms with Crippen LogP contribution in [0.15, 0.2) is 0 Å². The lowest BCUT2D eigenvalue weighted by Gasteiger charge is -2.33. The van der Waals surface area contributed by atoms with E-state index in [-0.39, 0.29) is 6.61 Å². The first-order chi connectivity index (χ1) is 5.86. The van der Waals surface area contributed by atoms with Gasteiger partial charge in [-0.3, -0.25) is 9.80 Å². The van der Waals surface area contributed by atoms with Gasteiger partial charge in [0.05, 0.1) is 6.61 Å². The highest BCUT2D eigenvalue weighted by Crippen LogP contribution is 2.04. The van der Waals surface area contributed by atoms with E-state index >= 15 is 0 Å². The third-order valence-electron chi connectivity index (χ3n) is 2.26. The average Bonchev–Trinajstić information content (AvgIpc) is 2.09. The van der Waals surface area contributed by atoms with Gasteiger partial charge in [0.25, 0.3) is 0 Å². The van der Waals surface area contributed by atoms with Crippen molar-refractivity contribution >= 4 is 0 Å². The fourth-order valence-corrected chi connectivity index (χ4v) is 1.57. The molecule has 0 aromatic rings. The van der Waals surface area contributed by atoms with Crippen LogP contribution in [0.4, 0.5) is 0 Å². The number of hydrogen-bond donors (Lipinski definition) is 1. The lowest BCUT2D eigenvalue weighted by molar-refractivity contribution is 0.128. The Balaban J connectivity index is 2.11. The third kappa shape index (κ3) is 3.09. The molecule has 3 heteroatoms. The second-order valence-electron chi connectivity index (χ2n) is 3.19. The summed E-state index contributed by atoms with van der Waals surface area (Å²) in [5.41, 5.74) is 0. The summed E-state index contributed by atoms with van der Waals surface area (Å²) in [7, 11) is 0. The van der Waals surface area contributed by atoms with Crippen molar-refractivity contribution in [1.82, 2.24) is 9.80 Å². The Morgan fingerprint density at radius 1 is 1.25 bits per heavy atom. The highest BCUT2D eigenvalue weighted by Gasteiger charge is 2.14. The van der Waals surface area contributed by atoms with Crippen LogP contribution in [0, 0.1) is 6.54 Å². The second kappa shape index (κ2) is 5.51. The van der Waals surface area contributed by atoms with Gasteiger partial charge in [-0.25, -0.2) is 0 Å². The minimum Gasteiger partial charge on any atom is -0.395 e. The van der Waals surface area contributed by atoms with Crippen LogP contribution in [-0.2, 0) is 0 Å². The molecule has 0 saturated carbocycles. The molecule has 12 heavy (non-hydrogen) atoms. The standard InChI is InChI=1S/C9H19N2O/c1-2-3-10-4-6-11(7-5-10)8-9-12/h3,12H,2,4-9H2,1H3. The Labute approximate surface area is 75.0 Å². The molecule has 71 valence electrons.